The van der Waals surface area contributed by atoms with Gasteiger partial charge in [-0.15, -0.1) is 10.2 Å². The van der Waals surface area contributed by atoms with Crippen LogP contribution in [0.15, 0.2) is 58.9 Å². The van der Waals surface area contributed by atoms with Gasteiger partial charge in [-0.05, 0) is 42.7 Å². The van der Waals surface area contributed by atoms with E-state index < -0.39 is 5.25 Å². The fraction of sp³-hybridized carbons (Fsp3) is 0.211. The van der Waals surface area contributed by atoms with Crippen molar-refractivity contribution in [2.45, 2.75) is 28.5 Å². The smallest absolute Gasteiger partial charge is 0.238 e. The van der Waals surface area contributed by atoms with Gasteiger partial charge in [-0.25, -0.2) is 4.39 Å². The Balaban J connectivity index is 1.50. The van der Waals surface area contributed by atoms with Crippen LogP contribution in [0.4, 0.5) is 15.2 Å². The summed E-state index contributed by atoms with van der Waals surface area (Å²) in [6.07, 6.45) is 2.02. The first-order valence-corrected chi connectivity index (χ1v) is 10.2. The van der Waals surface area contributed by atoms with Crippen molar-refractivity contribution in [3.63, 3.8) is 0 Å². The Bertz CT molecular complexity index is 913. The Morgan fingerprint density at radius 2 is 1.85 bits per heavy atom. The number of nitrogens with zero attached hydrogens (tertiary/aromatic N) is 2. The van der Waals surface area contributed by atoms with Crippen LogP contribution in [-0.2, 0) is 4.79 Å². The predicted molar refractivity (Wildman–Crippen MR) is 106 cm³/mol. The second-order valence-electron chi connectivity index (χ2n) is 6.20. The first-order valence-electron chi connectivity index (χ1n) is 8.55. The number of thioether (sulfide) groups is 1. The average Bonchev–Trinajstić information content (AvgIpc) is 3.38. The quantitative estimate of drug-likeness (QED) is 0.570. The molecule has 0 spiro atoms. The number of nitrogens with one attached hydrogen (secondary N) is 2. The number of halogens is 1. The van der Waals surface area contributed by atoms with Crippen LogP contribution in [0.3, 0.4) is 0 Å². The summed E-state index contributed by atoms with van der Waals surface area (Å²) < 4.78 is 13.9. The van der Waals surface area contributed by atoms with Gasteiger partial charge in [0.15, 0.2) is 4.34 Å². The van der Waals surface area contributed by atoms with Gasteiger partial charge in [0, 0.05) is 11.7 Å². The van der Waals surface area contributed by atoms with Crippen molar-refractivity contribution >= 4 is 39.8 Å². The third-order valence-electron chi connectivity index (χ3n) is 3.98. The molecule has 1 atom stereocenters. The number of carbonyl (C=O) groups is 1. The van der Waals surface area contributed by atoms with Crippen molar-refractivity contribution in [3.05, 3.63) is 66.0 Å². The SMILES string of the molecule is O=C(NC1CC1)[C@@H](Sc1nnc(Nc2ccccc2)s1)c1ccc(F)cc1. The predicted octanol–water partition coefficient (Wildman–Crippen LogP) is 4.53. The summed E-state index contributed by atoms with van der Waals surface area (Å²) in [4.78, 5) is 12.7. The van der Waals surface area contributed by atoms with Crippen LogP contribution in [0.25, 0.3) is 0 Å². The standard InChI is InChI=1S/C19H17FN4OS2/c20-13-8-6-12(7-9-13)16(17(25)21-15-10-11-15)26-19-24-23-18(27-19)22-14-4-2-1-3-5-14/h1-9,15-16H,10-11H2,(H,21,25)(H,22,23)/t16-/m0/s1. The normalized spacial score (nSPS) is 14.6. The van der Waals surface area contributed by atoms with E-state index >= 15 is 0 Å². The number of benzene rings is 2. The van der Waals surface area contributed by atoms with E-state index in [2.05, 4.69) is 20.8 Å². The summed E-state index contributed by atoms with van der Waals surface area (Å²) in [5, 5.41) is 14.7. The van der Waals surface area contributed by atoms with Gasteiger partial charge in [-0.1, -0.05) is 53.4 Å². The first-order chi connectivity index (χ1) is 13.2. The molecular weight excluding hydrogens is 383 g/mol. The molecular formula is C19H17FN4OS2. The number of hydrogen-bond acceptors (Lipinski definition) is 6. The van der Waals surface area contributed by atoms with Gasteiger partial charge in [-0.2, -0.15) is 0 Å². The zero-order chi connectivity index (χ0) is 18.6. The second kappa shape index (κ2) is 8.06. The second-order valence-corrected chi connectivity index (χ2v) is 8.53. The average molecular weight is 401 g/mol. The number of amides is 1. The van der Waals surface area contributed by atoms with Crippen LogP contribution in [0.2, 0.25) is 0 Å². The Morgan fingerprint density at radius 1 is 1.11 bits per heavy atom. The maximum Gasteiger partial charge on any atom is 0.238 e. The van der Waals surface area contributed by atoms with Gasteiger partial charge in [0.1, 0.15) is 11.1 Å². The highest BCUT2D eigenvalue weighted by Crippen LogP contribution is 2.39. The molecule has 0 aliphatic heterocycles. The molecule has 3 aromatic rings. The lowest BCUT2D eigenvalue weighted by Gasteiger charge is -2.15. The van der Waals surface area contributed by atoms with Crippen LogP contribution in [0, 0.1) is 5.82 Å². The Hall–Kier alpha value is -2.45. The molecule has 8 heteroatoms. The fourth-order valence-corrected chi connectivity index (χ4v) is 4.44. The van der Waals surface area contributed by atoms with Gasteiger partial charge in [0.25, 0.3) is 0 Å². The molecule has 4 rings (SSSR count). The van der Waals surface area contributed by atoms with E-state index in [1.807, 2.05) is 30.3 Å². The zero-order valence-corrected chi connectivity index (χ0v) is 15.9. The molecule has 27 heavy (non-hydrogen) atoms. The van der Waals surface area contributed by atoms with E-state index in [1.54, 1.807) is 12.1 Å². The minimum absolute atomic E-state index is 0.0816. The number of hydrogen-bond donors (Lipinski definition) is 2. The summed E-state index contributed by atoms with van der Waals surface area (Å²) >= 11 is 2.71. The topological polar surface area (TPSA) is 66.9 Å². The van der Waals surface area contributed by atoms with Crippen molar-refractivity contribution in [1.29, 1.82) is 0 Å². The van der Waals surface area contributed by atoms with Crippen molar-refractivity contribution in [2.75, 3.05) is 5.32 Å². The number of carbonyl (C=O) groups excluding carboxylic acids is 1. The molecule has 2 N–H and O–H groups in total. The highest BCUT2D eigenvalue weighted by Gasteiger charge is 2.30. The van der Waals surface area contributed by atoms with Crippen LogP contribution in [0.1, 0.15) is 23.7 Å². The Labute approximate surface area is 164 Å². The highest BCUT2D eigenvalue weighted by atomic mass is 32.2. The van der Waals surface area contributed by atoms with Crippen molar-refractivity contribution in [3.8, 4) is 0 Å². The van der Waals surface area contributed by atoms with Gasteiger partial charge in [-0.3, -0.25) is 4.79 Å². The number of aromatic nitrogens is 2. The molecule has 1 aromatic heterocycles. The van der Waals surface area contributed by atoms with Crippen LogP contribution >= 0.6 is 23.1 Å². The van der Waals surface area contributed by atoms with Gasteiger partial charge in [0.2, 0.25) is 11.0 Å². The minimum Gasteiger partial charge on any atom is -0.352 e. The summed E-state index contributed by atoms with van der Waals surface area (Å²) in [6.45, 7) is 0. The molecule has 1 aliphatic rings. The van der Waals surface area contributed by atoms with Crippen molar-refractivity contribution in [2.24, 2.45) is 0 Å². The van der Waals surface area contributed by atoms with Crippen LogP contribution in [0.5, 0.6) is 0 Å². The summed E-state index contributed by atoms with van der Waals surface area (Å²) in [6, 6.07) is 16.0. The van der Waals surface area contributed by atoms with Crippen LogP contribution in [-0.4, -0.2) is 22.1 Å². The number of rotatable bonds is 7. The fourth-order valence-electron chi connectivity index (χ4n) is 2.47. The van der Waals surface area contributed by atoms with E-state index in [0.717, 1.165) is 24.1 Å². The summed E-state index contributed by atoms with van der Waals surface area (Å²) in [5.74, 6) is -0.405. The van der Waals surface area contributed by atoms with Gasteiger partial charge in [0.05, 0.1) is 0 Å². The van der Waals surface area contributed by atoms with Gasteiger partial charge < -0.3 is 10.6 Å². The maximum absolute atomic E-state index is 13.3. The van der Waals surface area contributed by atoms with Crippen LogP contribution < -0.4 is 10.6 Å². The molecule has 1 fully saturated rings. The molecule has 1 aliphatic carbocycles. The van der Waals surface area contributed by atoms with E-state index in [9.17, 15) is 9.18 Å². The van der Waals surface area contributed by atoms with E-state index in [4.69, 9.17) is 0 Å². The van der Waals surface area contributed by atoms with Gasteiger partial charge >= 0.3 is 0 Å². The maximum atomic E-state index is 13.3. The van der Waals surface area contributed by atoms with Crippen molar-refractivity contribution in [1.82, 2.24) is 15.5 Å². The number of para-hydroxylation sites is 1. The summed E-state index contributed by atoms with van der Waals surface area (Å²) in [5.41, 5.74) is 1.67. The molecule has 1 amide bonds. The van der Waals surface area contributed by atoms with E-state index in [0.29, 0.717) is 9.47 Å². The monoisotopic (exact) mass is 400 g/mol. The Kier molecular flexibility index (Phi) is 5.35. The minimum atomic E-state index is -0.497. The molecule has 138 valence electrons. The molecule has 2 aromatic carbocycles. The molecule has 0 unspecified atom stereocenters. The first kappa shape index (κ1) is 17.9. The molecule has 1 heterocycles. The molecule has 0 bridgehead atoms. The summed E-state index contributed by atoms with van der Waals surface area (Å²) in [7, 11) is 0. The molecule has 0 radical (unpaired) electrons. The Morgan fingerprint density at radius 3 is 2.56 bits per heavy atom. The molecule has 0 saturated heterocycles. The van der Waals surface area contributed by atoms with Crippen molar-refractivity contribution < 1.29 is 9.18 Å². The lowest BCUT2D eigenvalue weighted by Crippen LogP contribution is -2.29. The number of anilines is 2. The van der Waals surface area contributed by atoms with E-state index in [-0.39, 0.29) is 17.8 Å². The molecule has 5 nitrogen and oxygen atoms in total. The highest BCUT2D eigenvalue weighted by molar-refractivity contribution is 8.01. The lowest BCUT2D eigenvalue weighted by atomic mass is 10.1. The molecule has 1 saturated carbocycles. The third-order valence-corrected chi connectivity index (χ3v) is 6.16. The van der Waals surface area contributed by atoms with E-state index in [1.165, 1.54) is 35.2 Å². The zero-order valence-electron chi connectivity index (χ0n) is 14.3. The largest absolute Gasteiger partial charge is 0.352 e. The lowest BCUT2D eigenvalue weighted by molar-refractivity contribution is -0.120. The third kappa shape index (κ3) is 4.84.